The molecule has 0 aliphatic carbocycles. The van der Waals surface area contributed by atoms with E-state index < -0.39 is 0 Å². The Morgan fingerprint density at radius 1 is 1.17 bits per heavy atom. The van der Waals surface area contributed by atoms with Gasteiger partial charge in [-0.3, -0.25) is 14.9 Å². The maximum absolute atomic E-state index is 11.9. The quantitative estimate of drug-likeness (QED) is 0.790. The molecule has 23 heavy (non-hydrogen) atoms. The van der Waals surface area contributed by atoms with Gasteiger partial charge in [-0.15, -0.1) is 0 Å². The number of carbonyl (C=O) groups excluding carboxylic acids is 2. The molecule has 0 bridgehead atoms. The summed E-state index contributed by atoms with van der Waals surface area (Å²) in [5.41, 5.74) is 1.38. The van der Waals surface area contributed by atoms with Gasteiger partial charge in [0.05, 0.1) is 5.92 Å². The molecule has 4 rings (SSSR count). The maximum Gasteiger partial charge on any atom is 0.234 e. The third kappa shape index (κ3) is 2.72. The number of hydrogen-bond acceptors (Lipinski definition) is 5. The van der Waals surface area contributed by atoms with Crippen molar-refractivity contribution in [1.29, 1.82) is 0 Å². The van der Waals surface area contributed by atoms with E-state index in [2.05, 4.69) is 20.5 Å². The Hall–Kier alpha value is -1.95. The molecule has 122 valence electrons. The van der Waals surface area contributed by atoms with Crippen LogP contribution in [-0.2, 0) is 9.59 Å². The number of hydrogen-bond donors (Lipinski definition) is 2. The highest BCUT2D eigenvalue weighted by Crippen LogP contribution is 2.40. The van der Waals surface area contributed by atoms with Gasteiger partial charge in [-0.1, -0.05) is 6.07 Å². The molecule has 1 unspecified atom stereocenters. The zero-order chi connectivity index (χ0) is 15.9. The van der Waals surface area contributed by atoms with Crippen LogP contribution in [0.15, 0.2) is 18.3 Å². The second-order valence-electron chi connectivity index (χ2n) is 7.06. The second-order valence-corrected chi connectivity index (χ2v) is 7.06. The van der Waals surface area contributed by atoms with Gasteiger partial charge < -0.3 is 10.2 Å². The lowest BCUT2D eigenvalue weighted by Gasteiger charge is -2.53. The summed E-state index contributed by atoms with van der Waals surface area (Å²) in [6.45, 7) is 4.41. The minimum atomic E-state index is -0.249. The molecule has 3 fully saturated rings. The van der Waals surface area contributed by atoms with Gasteiger partial charge >= 0.3 is 0 Å². The zero-order valence-electron chi connectivity index (χ0n) is 13.2. The first-order valence-electron chi connectivity index (χ1n) is 8.41. The summed E-state index contributed by atoms with van der Waals surface area (Å²) in [5.74, 6) is 0.365. The molecule has 3 saturated heterocycles. The number of imide groups is 1. The van der Waals surface area contributed by atoms with Gasteiger partial charge in [-0.05, 0) is 44.0 Å². The third-order valence-electron chi connectivity index (χ3n) is 5.45. The fraction of sp³-hybridized carbons (Fsp3) is 0.588. The number of pyridine rings is 1. The van der Waals surface area contributed by atoms with Gasteiger partial charge in [0.2, 0.25) is 11.8 Å². The van der Waals surface area contributed by atoms with Gasteiger partial charge in [0, 0.05) is 31.1 Å². The molecule has 0 aromatic carbocycles. The van der Waals surface area contributed by atoms with E-state index in [4.69, 9.17) is 0 Å². The number of piperidine rings is 2. The molecular weight excluding hydrogens is 292 g/mol. The van der Waals surface area contributed by atoms with Crippen molar-refractivity contribution < 1.29 is 9.59 Å². The van der Waals surface area contributed by atoms with E-state index in [0.29, 0.717) is 18.3 Å². The summed E-state index contributed by atoms with van der Waals surface area (Å²) in [4.78, 5) is 30.0. The van der Waals surface area contributed by atoms with Gasteiger partial charge in [0.1, 0.15) is 5.82 Å². The lowest BCUT2D eigenvalue weighted by molar-refractivity contribution is -0.134. The molecule has 1 atom stereocenters. The molecule has 3 aliphatic heterocycles. The monoisotopic (exact) mass is 314 g/mol. The summed E-state index contributed by atoms with van der Waals surface area (Å²) in [6, 6.07) is 3.99. The summed E-state index contributed by atoms with van der Waals surface area (Å²) >= 11 is 0. The van der Waals surface area contributed by atoms with Crippen molar-refractivity contribution in [2.24, 2.45) is 5.41 Å². The molecule has 3 aliphatic rings. The first-order valence-corrected chi connectivity index (χ1v) is 8.41. The number of rotatable bonds is 2. The van der Waals surface area contributed by atoms with Crippen LogP contribution in [-0.4, -0.2) is 43.0 Å². The molecule has 1 spiro atoms. The summed E-state index contributed by atoms with van der Waals surface area (Å²) in [7, 11) is 0. The molecule has 6 heteroatoms. The van der Waals surface area contributed by atoms with Crippen molar-refractivity contribution in [3.05, 3.63) is 23.9 Å². The molecule has 2 amide bonds. The molecule has 1 aromatic heterocycles. The molecule has 0 saturated carbocycles. The van der Waals surface area contributed by atoms with E-state index in [1.54, 1.807) is 6.20 Å². The van der Waals surface area contributed by atoms with Gasteiger partial charge in [-0.2, -0.15) is 0 Å². The SMILES string of the molecule is O=C1CCC(c2ccc(N3CC4(CCNCC4)C3)nc2)C(=O)N1. The molecule has 1 aromatic rings. The number of nitrogens with zero attached hydrogens (tertiary/aromatic N) is 2. The third-order valence-corrected chi connectivity index (χ3v) is 5.45. The Morgan fingerprint density at radius 3 is 2.61 bits per heavy atom. The number of carbonyl (C=O) groups is 2. The van der Waals surface area contributed by atoms with E-state index in [9.17, 15) is 9.59 Å². The molecule has 2 N–H and O–H groups in total. The Kier molecular flexibility index (Phi) is 3.56. The van der Waals surface area contributed by atoms with Gasteiger partial charge in [0.25, 0.3) is 0 Å². The van der Waals surface area contributed by atoms with E-state index >= 15 is 0 Å². The zero-order valence-corrected chi connectivity index (χ0v) is 13.2. The van der Waals surface area contributed by atoms with Crippen LogP contribution in [0.1, 0.15) is 37.2 Å². The highest BCUT2D eigenvalue weighted by molar-refractivity contribution is 6.00. The Morgan fingerprint density at radius 2 is 1.96 bits per heavy atom. The first kappa shape index (κ1) is 14.6. The summed E-state index contributed by atoms with van der Waals surface area (Å²) in [6.07, 6.45) is 5.27. The van der Waals surface area contributed by atoms with Crippen LogP contribution in [0.3, 0.4) is 0 Å². The molecule has 6 nitrogen and oxygen atoms in total. The smallest absolute Gasteiger partial charge is 0.234 e. The van der Waals surface area contributed by atoms with E-state index in [1.807, 2.05) is 12.1 Å². The van der Waals surface area contributed by atoms with Crippen LogP contribution in [0.25, 0.3) is 0 Å². The predicted octanol–water partition coefficient (Wildman–Crippen LogP) is 0.792. The van der Waals surface area contributed by atoms with Crippen LogP contribution in [0.5, 0.6) is 0 Å². The first-order chi connectivity index (χ1) is 11.2. The topological polar surface area (TPSA) is 74.3 Å². The minimum absolute atomic E-state index is 0.177. The number of anilines is 1. The molecule has 4 heterocycles. The number of aromatic nitrogens is 1. The standard InChI is InChI=1S/C17H22N4O2/c22-15-4-2-13(16(23)20-15)12-1-3-14(19-9-12)21-10-17(11-21)5-7-18-8-6-17/h1,3,9,13,18H,2,4-8,10-11H2,(H,20,22,23). The van der Waals surface area contributed by atoms with Gasteiger partial charge in [-0.25, -0.2) is 4.98 Å². The Bertz CT molecular complexity index is 614. The van der Waals surface area contributed by atoms with E-state index in [0.717, 1.165) is 37.6 Å². The highest BCUT2D eigenvalue weighted by Gasteiger charge is 2.43. The largest absolute Gasteiger partial charge is 0.355 e. The van der Waals surface area contributed by atoms with Crippen LogP contribution < -0.4 is 15.5 Å². The number of amides is 2. The fourth-order valence-corrected chi connectivity index (χ4v) is 4.00. The van der Waals surface area contributed by atoms with Crippen LogP contribution in [0.4, 0.5) is 5.82 Å². The lowest BCUT2D eigenvalue weighted by Crippen LogP contribution is -2.60. The lowest BCUT2D eigenvalue weighted by atomic mass is 9.72. The Labute approximate surface area is 135 Å². The minimum Gasteiger partial charge on any atom is -0.355 e. The average Bonchev–Trinajstić information content (AvgIpc) is 2.54. The summed E-state index contributed by atoms with van der Waals surface area (Å²) < 4.78 is 0. The summed E-state index contributed by atoms with van der Waals surface area (Å²) in [5, 5.41) is 5.82. The van der Waals surface area contributed by atoms with E-state index in [-0.39, 0.29) is 17.7 Å². The average molecular weight is 314 g/mol. The second kappa shape index (κ2) is 5.60. The van der Waals surface area contributed by atoms with E-state index in [1.165, 1.54) is 12.8 Å². The van der Waals surface area contributed by atoms with Crippen molar-refractivity contribution >= 4 is 17.6 Å². The maximum atomic E-state index is 11.9. The Balaban J connectivity index is 1.41. The van der Waals surface area contributed by atoms with Crippen LogP contribution >= 0.6 is 0 Å². The highest BCUT2D eigenvalue weighted by atomic mass is 16.2. The predicted molar refractivity (Wildman–Crippen MR) is 86.1 cm³/mol. The molecular formula is C17H22N4O2. The fourth-order valence-electron chi connectivity index (χ4n) is 4.00. The van der Waals surface area contributed by atoms with Crippen molar-refractivity contribution in [2.45, 2.75) is 31.6 Å². The van der Waals surface area contributed by atoms with Crippen molar-refractivity contribution in [1.82, 2.24) is 15.6 Å². The van der Waals surface area contributed by atoms with Crippen LogP contribution in [0.2, 0.25) is 0 Å². The van der Waals surface area contributed by atoms with Gasteiger partial charge in [0.15, 0.2) is 0 Å². The normalized spacial score (nSPS) is 26.8. The van der Waals surface area contributed by atoms with Crippen molar-refractivity contribution in [3.8, 4) is 0 Å². The van der Waals surface area contributed by atoms with Crippen molar-refractivity contribution in [3.63, 3.8) is 0 Å². The number of nitrogens with one attached hydrogen (secondary N) is 2. The van der Waals surface area contributed by atoms with Crippen LogP contribution in [0, 0.1) is 5.41 Å². The molecule has 0 radical (unpaired) electrons. The van der Waals surface area contributed by atoms with Crippen molar-refractivity contribution in [2.75, 3.05) is 31.1 Å².